The quantitative estimate of drug-likeness (QED) is 0.607. The second-order valence-corrected chi connectivity index (χ2v) is 10.3. The number of nitrogens with one attached hydrogen (secondary N) is 1. The molecule has 1 fully saturated rings. The Balaban J connectivity index is 1.43. The lowest BCUT2D eigenvalue weighted by Crippen LogP contribution is -2.55. The molecule has 1 aromatic carbocycles. The van der Waals surface area contributed by atoms with Crippen LogP contribution in [0.5, 0.6) is 0 Å². The Labute approximate surface area is 195 Å². The number of carbonyl (C=O) groups is 2. The number of ether oxygens (including phenoxy) is 1. The highest BCUT2D eigenvalue weighted by molar-refractivity contribution is 7.18. The average molecular weight is 474 g/mol. The summed E-state index contributed by atoms with van der Waals surface area (Å²) in [5.74, 6) is -1.06. The van der Waals surface area contributed by atoms with E-state index >= 15 is 0 Å². The van der Waals surface area contributed by atoms with Crippen molar-refractivity contribution < 1.29 is 18.7 Å². The zero-order chi connectivity index (χ0) is 23.9. The number of carbonyl (C=O) groups excluding carboxylic acids is 2. The van der Waals surface area contributed by atoms with Gasteiger partial charge in [0.1, 0.15) is 16.3 Å². The Kier molecular flexibility index (Phi) is 6.04. The van der Waals surface area contributed by atoms with Crippen LogP contribution in [0.25, 0.3) is 10.9 Å². The summed E-state index contributed by atoms with van der Waals surface area (Å²) >= 11 is 1.11. The topological polar surface area (TPSA) is 79.7 Å². The van der Waals surface area contributed by atoms with Gasteiger partial charge in [-0.1, -0.05) is 0 Å². The van der Waals surface area contributed by atoms with Crippen LogP contribution >= 0.6 is 11.3 Å². The normalized spacial score (nSPS) is 16.8. The number of hydrogen-bond donors (Lipinski definition) is 1. The third-order valence-corrected chi connectivity index (χ3v) is 6.50. The fourth-order valence-corrected chi connectivity index (χ4v) is 4.79. The van der Waals surface area contributed by atoms with Crippen LogP contribution in [0, 0.1) is 5.82 Å². The fraction of sp³-hybridized carbons (Fsp3) is 0.435. The van der Waals surface area contributed by atoms with Gasteiger partial charge in [-0.25, -0.2) is 9.18 Å². The number of amides is 2. The molecule has 0 bridgehead atoms. The van der Waals surface area contributed by atoms with E-state index in [1.165, 1.54) is 6.07 Å². The molecular weight excluding hydrogens is 445 g/mol. The average Bonchev–Trinajstić information content (AvgIpc) is 3.27. The fourth-order valence-electron chi connectivity index (χ4n) is 3.82. The van der Waals surface area contributed by atoms with Crippen molar-refractivity contribution in [2.45, 2.75) is 39.3 Å². The van der Waals surface area contributed by atoms with E-state index in [1.807, 2.05) is 51.9 Å². The van der Waals surface area contributed by atoms with E-state index < -0.39 is 17.3 Å². The molecule has 8 nitrogen and oxygen atoms in total. The van der Waals surface area contributed by atoms with Gasteiger partial charge in [0.05, 0.1) is 10.5 Å². The molecule has 1 atom stereocenters. The number of benzene rings is 1. The first-order chi connectivity index (χ1) is 15.5. The van der Waals surface area contributed by atoms with Gasteiger partial charge < -0.3 is 19.9 Å². The number of hydrogen-bond acceptors (Lipinski definition) is 6. The lowest BCUT2D eigenvalue weighted by Gasteiger charge is -2.40. The maximum absolute atomic E-state index is 14.7. The number of anilines is 2. The summed E-state index contributed by atoms with van der Waals surface area (Å²) in [5, 5.41) is 8.71. The number of halogens is 1. The van der Waals surface area contributed by atoms with Gasteiger partial charge in [0, 0.05) is 56.1 Å². The first kappa shape index (κ1) is 23.0. The molecule has 33 heavy (non-hydrogen) atoms. The summed E-state index contributed by atoms with van der Waals surface area (Å²) in [7, 11) is 1.83. The minimum absolute atomic E-state index is 0.0216. The lowest BCUT2D eigenvalue weighted by atomic mass is 10.2. The van der Waals surface area contributed by atoms with Crippen molar-refractivity contribution in [2.75, 3.05) is 29.9 Å². The van der Waals surface area contributed by atoms with Crippen molar-refractivity contribution in [1.82, 2.24) is 14.7 Å². The Bertz CT molecular complexity index is 1200. The van der Waals surface area contributed by atoms with E-state index in [-0.39, 0.29) is 17.0 Å². The van der Waals surface area contributed by atoms with Gasteiger partial charge in [0.15, 0.2) is 0 Å². The number of aromatic nitrogens is 2. The predicted octanol–water partition coefficient (Wildman–Crippen LogP) is 4.47. The van der Waals surface area contributed by atoms with Crippen molar-refractivity contribution in [3.8, 4) is 0 Å². The summed E-state index contributed by atoms with van der Waals surface area (Å²) in [4.78, 5) is 28.9. The maximum atomic E-state index is 14.7. The van der Waals surface area contributed by atoms with E-state index in [2.05, 4.69) is 10.4 Å². The minimum Gasteiger partial charge on any atom is -0.444 e. The first-order valence-corrected chi connectivity index (χ1v) is 11.6. The summed E-state index contributed by atoms with van der Waals surface area (Å²) in [6.45, 7) is 8.95. The number of fused-ring (bicyclic) bond motifs is 1. The molecule has 0 spiro atoms. The molecule has 3 aromatic rings. The van der Waals surface area contributed by atoms with Crippen LogP contribution in [0.3, 0.4) is 0 Å². The van der Waals surface area contributed by atoms with E-state index in [9.17, 15) is 14.0 Å². The summed E-state index contributed by atoms with van der Waals surface area (Å²) in [6.07, 6.45) is 1.53. The van der Waals surface area contributed by atoms with Gasteiger partial charge in [-0.2, -0.15) is 5.10 Å². The molecule has 0 aliphatic carbocycles. The largest absolute Gasteiger partial charge is 0.444 e. The van der Waals surface area contributed by atoms with E-state index in [4.69, 9.17) is 4.74 Å². The van der Waals surface area contributed by atoms with Crippen LogP contribution in [0.4, 0.5) is 19.9 Å². The molecule has 1 N–H and O–H groups in total. The Morgan fingerprint density at radius 1 is 1.24 bits per heavy atom. The molecule has 1 unspecified atom stereocenters. The molecule has 1 aliphatic rings. The van der Waals surface area contributed by atoms with Crippen LogP contribution < -0.4 is 10.2 Å². The molecule has 1 aliphatic heterocycles. The van der Waals surface area contributed by atoms with Gasteiger partial charge in [0.25, 0.3) is 5.91 Å². The van der Waals surface area contributed by atoms with Crippen molar-refractivity contribution in [1.29, 1.82) is 0 Å². The SMILES string of the molecule is CC1CN(c2cc(F)c(C(=O)Nc3ccc4cn(C)nc4c3)s2)CCN1C(=O)OC(C)(C)C. The number of aryl methyl sites for hydroxylation is 1. The monoisotopic (exact) mass is 473 g/mol. The van der Waals surface area contributed by atoms with E-state index in [1.54, 1.807) is 21.7 Å². The molecule has 2 amide bonds. The van der Waals surface area contributed by atoms with Crippen LogP contribution in [0.15, 0.2) is 30.5 Å². The van der Waals surface area contributed by atoms with Gasteiger partial charge >= 0.3 is 6.09 Å². The third-order valence-electron chi connectivity index (χ3n) is 5.33. The Morgan fingerprint density at radius 3 is 2.70 bits per heavy atom. The zero-order valence-corrected chi connectivity index (χ0v) is 20.2. The molecule has 3 heterocycles. The van der Waals surface area contributed by atoms with Crippen LogP contribution in [0.2, 0.25) is 0 Å². The Morgan fingerprint density at radius 2 is 2.00 bits per heavy atom. The molecular formula is C23H28FN5O3S. The van der Waals surface area contributed by atoms with Crippen LogP contribution in [-0.2, 0) is 11.8 Å². The van der Waals surface area contributed by atoms with Crippen molar-refractivity contribution in [2.24, 2.45) is 7.05 Å². The second-order valence-electron chi connectivity index (χ2n) is 9.26. The maximum Gasteiger partial charge on any atom is 0.410 e. The van der Waals surface area contributed by atoms with Gasteiger partial charge in [0.2, 0.25) is 0 Å². The van der Waals surface area contributed by atoms with Crippen molar-refractivity contribution in [3.05, 3.63) is 41.2 Å². The molecule has 176 valence electrons. The van der Waals surface area contributed by atoms with Crippen molar-refractivity contribution in [3.63, 3.8) is 0 Å². The number of piperazine rings is 1. The number of nitrogens with zero attached hydrogens (tertiary/aromatic N) is 4. The number of rotatable bonds is 3. The Hall–Kier alpha value is -3.14. The van der Waals surface area contributed by atoms with Crippen LogP contribution in [0.1, 0.15) is 37.4 Å². The molecule has 0 radical (unpaired) electrons. The highest BCUT2D eigenvalue weighted by Crippen LogP contribution is 2.32. The predicted molar refractivity (Wildman–Crippen MR) is 128 cm³/mol. The standard InChI is InChI=1S/C23H28FN5O3S/c1-14-12-28(8-9-29(14)22(31)32-23(2,3)4)19-11-17(24)20(33-19)21(30)25-16-7-6-15-13-27(5)26-18(15)10-16/h6-7,10-11,13-14H,8-9,12H2,1-5H3,(H,25,30). The summed E-state index contributed by atoms with van der Waals surface area (Å²) in [6, 6.07) is 6.67. The molecule has 1 saturated heterocycles. The third kappa shape index (κ3) is 5.11. The van der Waals surface area contributed by atoms with E-state index in [0.717, 1.165) is 22.2 Å². The molecule has 4 rings (SSSR count). The zero-order valence-electron chi connectivity index (χ0n) is 19.4. The molecule has 2 aromatic heterocycles. The molecule has 10 heteroatoms. The van der Waals surface area contributed by atoms with Gasteiger partial charge in [-0.15, -0.1) is 11.3 Å². The van der Waals surface area contributed by atoms with E-state index in [0.29, 0.717) is 30.3 Å². The van der Waals surface area contributed by atoms with Gasteiger partial charge in [-0.05, 0) is 45.9 Å². The number of thiophene rings is 1. The van der Waals surface area contributed by atoms with Crippen molar-refractivity contribution >= 4 is 44.9 Å². The highest BCUT2D eigenvalue weighted by Gasteiger charge is 2.32. The van der Waals surface area contributed by atoms with Crippen LogP contribution in [-0.4, -0.2) is 58.0 Å². The smallest absolute Gasteiger partial charge is 0.410 e. The second kappa shape index (κ2) is 8.66. The summed E-state index contributed by atoms with van der Waals surface area (Å²) in [5.41, 5.74) is 0.744. The highest BCUT2D eigenvalue weighted by atomic mass is 32.1. The van der Waals surface area contributed by atoms with Gasteiger partial charge in [-0.3, -0.25) is 9.48 Å². The lowest BCUT2D eigenvalue weighted by molar-refractivity contribution is 0.0159. The first-order valence-electron chi connectivity index (χ1n) is 10.8. The summed E-state index contributed by atoms with van der Waals surface area (Å²) < 4.78 is 21.9. The molecule has 0 saturated carbocycles. The minimum atomic E-state index is -0.561.